The number of likely N-dealkylation sites (tertiary alicyclic amines) is 1. The van der Waals surface area contributed by atoms with Crippen molar-refractivity contribution in [3.8, 4) is 0 Å². The number of nitrogens with zero attached hydrogens (tertiary/aromatic N) is 5. The summed E-state index contributed by atoms with van der Waals surface area (Å²) in [4.78, 5) is 28.2. The first-order valence-electron chi connectivity index (χ1n) is 8.74. The van der Waals surface area contributed by atoms with E-state index in [1.165, 1.54) is 0 Å². The molecule has 24 heavy (non-hydrogen) atoms. The van der Waals surface area contributed by atoms with Gasteiger partial charge in [-0.05, 0) is 39.8 Å². The molecule has 6 nitrogen and oxygen atoms in total. The van der Waals surface area contributed by atoms with E-state index in [0.717, 1.165) is 49.7 Å². The van der Waals surface area contributed by atoms with Crippen LogP contribution in [0.5, 0.6) is 0 Å². The van der Waals surface area contributed by atoms with E-state index in [0.29, 0.717) is 11.9 Å². The quantitative estimate of drug-likeness (QED) is 0.844. The fraction of sp³-hybridized carbons (Fsp3) is 0.722. The maximum Gasteiger partial charge on any atom is 0.291 e. The second-order valence-corrected chi connectivity index (χ2v) is 8.26. The lowest BCUT2D eigenvalue weighted by Crippen LogP contribution is -2.55. The summed E-state index contributed by atoms with van der Waals surface area (Å²) in [7, 11) is 4.24. The zero-order chi connectivity index (χ0) is 17.6. The van der Waals surface area contributed by atoms with Crippen LogP contribution in [-0.2, 0) is 0 Å². The van der Waals surface area contributed by atoms with Crippen molar-refractivity contribution in [3.63, 3.8) is 0 Å². The normalized spacial score (nSPS) is 22.9. The van der Waals surface area contributed by atoms with Gasteiger partial charge in [0, 0.05) is 43.5 Å². The first-order chi connectivity index (χ1) is 11.2. The largest absolute Gasteiger partial charge is 0.355 e. The maximum absolute atomic E-state index is 12.7. The number of hydrogen-bond donors (Lipinski definition) is 0. The number of hydrogen-bond acceptors (Lipinski definition) is 5. The molecule has 0 saturated carbocycles. The standard InChI is InChI=1S/C18H29N5O/c1-12-13(2)19-15(17(24)23-10-18(3,4)11-23)20-16(12)22-8-7-14(9-22)21(5)6/h14H,7-11H2,1-6H3/t14-/m1/s1. The van der Waals surface area contributed by atoms with Gasteiger partial charge in [0.2, 0.25) is 5.82 Å². The minimum absolute atomic E-state index is 0.0398. The molecule has 2 fully saturated rings. The molecule has 2 aliphatic rings. The predicted molar refractivity (Wildman–Crippen MR) is 95.5 cm³/mol. The second kappa shape index (κ2) is 5.99. The number of rotatable bonds is 3. The highest BCUT2D eigenvalue weighted by molar-refractivity contribution is 5.91. The SMILES string of the molecule is Cc1nc(C(=O)N2CC(C)(C)C2)nc(N2CC[C@@H](N(C)C)C2)c1C. The molecule has 132 valence electrons. The summed E-state index contributed by atoms with van der Waals surface area (Å²) in [6.45, 7) is 11.9. The fourth-order valence-corrected chi connectivity index (χ4v) is 3.64. The summed E-state index contributed by atoms with van der Waals surface area (Å²) in [6, 6.07) is 0.537. The Labute approximate surface area is 144 Å². The minimum atomic E-state index is -0.0398. The van der Waals surface area contributed by atoms with Crippen molar-refractivity contribution in [1.82, 2.24) is 19.8 Å². The summed E-state index contributed by atoms with van der Waals surface area (Å²) >= 11 is 0. The molecule has 1 atom stereocenters. The highest BCUT2D eigenvalue weighted by Gasteiger charge is 2.39. The van der Waals surface area contributed by atoms with Crippen molar-refractivity contribution in [1.29, 1.82) is 0 Å². The number of aromatic nitrogens is 2. The monoisotopic (exact) mass is 331 g/mol. The van der Waals surface area contributed by atoms with Gasteiger partial charge in [0.05, 0.1) is 0 Å². The van der Waals surface area contributed by atoms with Gasteiger partial charge in [-0.15, -0.1) is 0 Å². The van der Waals surface area contributed by atoms with Gasteiger partial charge in [-0.3, -0.25) is 4.79 Å². The van der Waals surface area contributed by atoms with Crippen LogP contribution >= 0.6 is 0 Å². The third-order valence-electron chi connectivity index (χ3n) is 5.27. The number of aryl methyl sites for hydroxylation is 1. The Morgan fingerprint density at radius 1 is 1.21 bits per heavy atom. The van der Waals surface area contributed by atoms with Crippen LogP contribution in [0.3, 0.4) is 0 Å². The second-order valence-electron chi connectivity index (χ2n) is 8.26. The van der Waals surface area contributed by atoms with E-state index in [-0.39, 0.29) is 11.3 Å². The average molecular weight is 331 g/mol. The number of carbonyl (C=O) groups excluding carboxylic acids is 1. The molecule has 3 heterocycles. The van der Waals surface area contributed by atoms with Gasteiger partial charge in [0.1, 0.15) is 5.82 Å². The van der Waals surface area contributed by atoms with E-state index >= 15 is 0 Å². The molecule has 0 bridgehead atoms. The van der Waals surface area contributed by atoms with Crippen LogP contribution in [0.25, 0.3) is 0 Å². The lowest BCUT2D eigenvalue weighted by molar-refractivity contribution is 0.0225. The molecular formula is C18H29N5O. The highest BCUT2D eigenvalue weighted by Crippen LogP contribution is 2.30. The van der Waals surface area contributed by atoms with Crippen LogP contribution in [0.4, 0.5) is 5.82 Å². The molecule has 0 aromatic carbocycles. The Morgan fingerprint density at radius 2 is 1.88 bits per heavy atom. The Hall–Kier alpha value is -1.69. The van der Waals surface area contributed by atoms with Gasteiger partial charge in [0.25, 0.3) is 5.91 Å². The Balaban J connectivity index is 1.83. The van der Waals surface area contributed by atoms with Gasteiger partial charge in [-0.2, -0.15) is 0 Å². The molecule has 3 rings (SSSR count). The molecule has 2 aliphatic heterocycles. The molecular weight excluding hydrogens is 302 g/mol. The number of anilines is 1. The van der Waals surface area contributed by atoms with E-state index < -0.39 is 0 Å². The van der Waals surface area contributed by atoms with E-state index in [1.54, 1.807) is 0 Å². The smallest absolute Gasteiger partial charge is 0.291 e. The Kier molecular flexibility index (Phi) is 4.28. The average Bonchev–Trinajstić information content (AvgIpc) is 2.96. The molecule has 0 N–H and O–H groups in total. The molecule has 0 aliphatic carbocycles. The Bertz CT molecular complexity index is 647. The summed E-state index contributed by atoms with van der Waals surface area (Å²) in [6.07, 6.45) is 1.12. The zero-order valence-corrected chi connectivity index (χ0v) is 15.8. The minimum Gasteiger partial charge on any atom is -0.355 e. The van der Waals surface area contributed by atoms with Crippen molar-refractivity contribution >= 4 is 11.7 Å². The van der Waals surface area contributed by atoms with Crippen molar-refractivity contribution < 1.29 is 4.79 Å². The summed E-state index contributed by atoms with van der Waals surface area (Å²) in [5.74, 6) is 1.23. The molecule has 0 unspecified atom stereocenters. The van der Waals surface area contributed by atoms with Crippen LogP contribution < -0.4 is 4.90 Å². The third kappa shape index (κ3) is 3.11. The van der Waals surface area contributed by atoms with Crippen molar-refractivity contribution in [3.05, 3.63) is 17.1 Å². The van der Waals surface area contributed by atoms with Crippen molar-refractivity contribution in [2.45, 2.75) is 40.2 Å². The molecule has 6 heteroatoms. The van der Waals surface area contributed by atoms with E-state index in [4.69, 9.17) is 0 Å². The lowest BCUT2D eigenvalue weighted by Gasteiger charge is -2.45. The van der Waals surface area contributed by atoms with Gasteiger partial charge < -0.3 is 14.7 Å². The summed E-state index contributed by atoms with van der Waals surface area (Å²) in [5.41, 5.74) is 2.19. The molecule has 2 saturated heterocycles. The predicted octanol–water partition coefficient (Wildman–Crippen LogP) is 1.72. The Morgan fingerprint density at radius 3 is 2.42 bits per heavy atom. The third-order valence-corrected chi connectivity index (χ3v) is 5.27. The fourth-order valence-electron chi connectivity index (χ4n) is 3.64. The molecule has 1 aromatic rings. The van der Waals surface area contributed by atoms with E-state index in [9.17, 15) is 4.79 Å². The maximum atomic E-state index is 12.7. The van der Waals surface area contributed by atoms with Crippen LogP contribution in [0.2, 0.25) is 0 Å². The molecule has 1 aromatic heterocycles. The van der Waals surface area contributed by atoms with Crippen molar-refractivity contribution in [2.75, 3.05) is 45.2 Å². The van der Waals surface area contributed by atoms with Gasteiger partial charge in [-0.25, -0.2) is 9.97 Å². The van der Waals surface area contributed by atoms with Gasteiger partial charge >= 0.3 is 0 Å². The van der Waals surface area contributed by atoms with Gasteiger partial charge in [-0.1, -0.05) is 13.8 Å². The first kappa shape index (κ1) is 17.1. The zero-order valence-electron chi connectivity index (χ0n) is 15.8. The molecule has 0 spiro atoms. The molecule has 1 amide bonds. The summed E-state index contributed by atoms with van der Waals surface area (Å²) in [5, 5.41) is 0. The van der Waals surface area contributed by atoms with E-state index in [2.05, 4.69) is 54.6 Å². The van der Waals surface area contributed by atoms with Crippen LogP contribution in [0.1, 0.15) is 42.1 Å². The summed E-state index contributed by atoms with van der Waals surface area (Å²) < 4.78 is 0. The lowest BCUT2D eigenvalue weighted by atomic mass is 9.84. The van der Waals surface area contributed by atoms with Crippen LogP contribution in [0.15, 0.2) is 0 Å². The molecule has 0 radical (unpaired) electrons. The topological polar surface area (TPSA) is 52.6 Å². The van der Waals surface area contributed by atoms with Crippen molar-refractivity contribution in [2.24, 2.45) is 5.41 Å². The first-order valence-corrected chi connectivity index (χ1v) is 8.74. The van der Waals surface area contributed by atoms with E-state index in [1.807, 2.05) is 11.8 Å². The highest BCUT2D eigenvalue weighted by atomic mass is 16.2. The van der Waals surface area contributed by atoms with Gasteiger partial charge in [0.15, 0.2) is 0 Å². The number of carbonyl (C=O) groups is 1. The van der Waals surface area contributed by atoms with Crippen LogP contribution in [0, 0.1) is 19.3 Å². The number of amides is 1. The van der Waals surface area contributed by atoms with Crippen LogP contribution in [-0.4, -0.2) is 72.0 Å². The number of likely N-dealkylation sites (N-methyl/N-ethyl adjacent to an activating group) is 1.